The molecule has 0 aliphatic carbocycles. The minimum atomic E-state index is -0.0438. The lowest BCUT2D eigenvalue weighted by atomic mass is 10.1. The first kappa shape index (κ1) is 16.2. The van der Waals surface area contributed by atoms with Gasteiger partial charge in [-0.15, -0.1) is 0 Å². The van der Waals surface area contributed by atoms with Gasteiger partial charge in [0.05, 0.1) is 32.1 Å². The molecule has 1 fully saturated rings. The molecule has 2 aromatic rings. The Morgan fingerprint density at radius 1 is 1.26 bits per heavy atom. The highest BCUT2D eigenvalue weighted by molar-refractivity contribution is 6.33. The molecule has 1 aromatic carbocycles. The number of furan rings is 1. The summed E-state index contributed by atoms with van der Waals surface area (Å²) in [5, 5.41) is 0.591. The van der Waals surface area contributed by atoms with E-state index in [-0.39, 0.29) is 6.10 Å². The number of halogens is 1. The number of benzene rings is 1. The quantitative estimate of drug-likeness (QED) is 0.835. The van der Waals surface area contributed by atoms with Crippen molar-refractivity contribution in [1.82, 2.24) is 4.90 Å². The predicted octanol–water partition coefficient (Wildman–Crippen LogP) is 3.52. The molecule has 1 atom stereocenters. The van der Waals surface area contributed by atoms with Gasteiger partial charge in [0.2, 0.25) is 0 Å². The first-order valence-electron chi connectivity index (χ1n) is 7.49. The van der Waals surface area contributed by atoms with E-state index in [1.807, 2.05) is 24.3 Å². The summed E-state index contributed by atoms with van der Waals surface area (Å²) in [5.41, 5.74) is 1.00. The monoisotopic (exact) mass is 337 g/mol. The molecule has 0 amide bonds. The summed E-state index contributed by atoms with van der Waals surface area (Å²) in [4.78, 5) is 2.30. The van der Waals surface area contributed by atoms with Crippen molar-refractivity contribution in [2.75, 3.05) is 33.9 Å². The summed E-state index contributed by atoms with van der Waals surface area (Å²) >= 11 is 6.47. The first-order valence-corrected chi connectivity index (χ1v) is 7.87. The molecule has 0 N–H and O–H groups in total. The van der Waals surface area contributed by atoms with Crippen molar-refractivity contribution < 1.29 is 18.6 Å². The van der Waals surface area contributed by atoms with Crippen molar-refractivity contribution in [2.24, 2.45) is 0 Å². The van der Waals surface area contributed by atoms with Gasteiger partial charge in [0.25, 0.3) is 0 Å². The third-order valence-corrected chi connectivity index (χ3v) is 4.38. The second kappa shape index (κ2) is 7.25. The van der Waals surface area contributed by atoms with Crippen LogP contribution in [-0.4, -0.2) is 38.8 Å². The normalized spacial score (nSPS) is 18.8. The van der Waals surface area contributed by atoms with Crippen LogP contribution < -0.4 is 9.47 Å². The molecular weight excluding hydrogens is 318 g/mol. The standard InChI is InChI=1S/C17H20ClNO4/c1-20-14-6-5-12(16(18)17(14)21-2)10-19-7-9-23-15(11-19)13-4-3-8-22-13/h3-6,8,15H,7,9-11H2,1-2H3. The van der Waals surface area contributed by atoms with E-state index in [1.54, 1.807) is 20.5 Å². The lowest BCUT2D eigenvalue weighted by Crippen LogP contribution is -2.37. The number of methoxy groups -OCH3 is 2. The summed E-state index contributed by atoms with van der Waals surface area (Å²) in [6.45, 7) is 3.00. The molecule has 6 heteroatoms. The van der Waals surface area contributed by atoms with Crippen molar-refractivity contribution in [1.29, 1.82) is 0 Å². The van der Waals surface area contributed by atoms with Crippen LogP contribution >= 0.6 is 11.6 Å². The van der Waals surface area contributed by atoms with Gasteiger partial charge in [0, 0.05) is 19.6 Å². The molecule has 124 valence electrons. The molecular formula is C17H20ClNO4. The highest BCUT2D eigenvalue weighted by atomic mass is 35.5. The highest BCUT2D eigenvalue weighted by Gasteiger charge is 2.25. The Morgan fingerprint density at radius 2 is 2.13 bits per heavy atom. The maximum Gasteiger partial charge on any atom is 0.179 e. The second-order valence-electron chi connectivity index (χ2n) is 5.38. The predicted molar refractivity (Wildman–Crippen MR) is 87.2 cm³/mol. The molecule has 1 saturated heterocycles. The van der Waals surface area contributed by atoms with Crippen LogP contribution in [0.15, 0.2) is 34.9 Å². The van der Waals surface area contributed by atoms with E-state index in [4.69, 9.17) is 30.2 Å². The molecule has 23 heavy (non-hydrogen) atoms. The topological polar surface area (TPSA) is 44.1 Å². The Morgan fingerprint density at radius 3 is 2.83 bits per heavy atom. The molecule has 0 saturated carbocycles. The number of rotatable bonds is 5. The van der Waals surface area contributed by atoms with E-state index < -0.39 is 0 Å². The molecule has 3 rings (SSSR count). The second-order valence-corrected chi connectivity index (χ2v) is 5.76. The summed E-state index contributed by atoms with van der Waals surface area (Å²) in [7, 11) is 3.19. The van der Waals surface area contributed by atoms with Crippen LogP contribution in [0.25, 0.3) is 0 Å². The fraction of sp³-hybridized carbons (Fsp3) is 0.412. The van der Waals surface area contributed by atoms with Gasteiger partial charge in [0.1, 0.15) is 11.9 Å². The van der Waals surface area contributed by atoms with E-state index in [0.717, 1.165) is 31.0 Å². The molecule has 5 nitrogen and oxygen atoms in total. The minimum Gasteiger partial charge on any atom is -0.493 e. The molecule has 1 unspecified atom stereocenters. The van der Waals surface area contributed by atoms with Gasteiger partial charge in [-0.2, -0.15) is 0 Å². The zero-order valence-corrected chi connectivity index (χ0v) is 14.0. The highest BCUT2D eigenvalue weighted by Crippen LogP contribution is 2.38. The Labute approximate surface area is 140 Å². The lowest BCUT2D eigenvalue weighted by Gasteiger charge is -2.32. The molecule has 2 heterocycles. The van der Waals surface area contributed by atoms with Gasteiger partial charge in [0.15, 0.2) is 11.5 Å². The minimum absolute atomic E-state index is 0.0438. The smallest absolute Gasteiger partial charge is 0.179 e. The SMILES string of the molecule is COc1ccc(CN2CCOC(c3ccco3)C2)c(Cl)c1OC. The Bertz CT molecular complexity index is 644. The van der Waals surface area contributed by atoms with Crippen LogP contribution in [0, 0.1) is 0 Å². The van der Waals surface area contributed by atoms with Crippen LogP contribution in [0.3, 0.4) is 0 Å². The van der Waals surface area contributed by atoms with Crippen molar-refractivity contribution in [2.45, 2.75) is 12.6 Å². The third-order valence-electron chi connectivity index (χ3n) is 3.97. The number of hydrogen-bond donors (Lipinski definition) is 0. The number of morpholine rings is 1. The van der Waals surface area contributed by atoms with Gasteiger partial charge < -0.3 is 18.6 Å². The first-order chi connectivity index (χ1) is 11.2. The van der Waals surface area contributed by atoms with Gasteiger partial charge in [-0.05, 0) is 23.8 Å². The fourth-order valence-corrected chi connectivity index (χ4v) is 3.08. The van der Waals surface area contributed by atoms with E-state index in [1.165, 1.54) is 0 Å². The van der Waals surface area contributed by atoms with Gasteiger partial charge >= 0.3 is 0 Å². The van der Waals surface area contributed by atoms with Gasteiger partial charge in [-0.25, -0.2) is 0 Å². The molecule has 1 aliphatic heterocycles. The molecule has 1 aromatic heterocycles. The van der Waals surface area contributed by atoms with E-state index in [2.05, 4.69) is 4.90 Å². The summed E-state index contributed by atoms with van der Waals surface area (Å²) in [5.74, 6) is 2.06. The third kappa shape index (κ3) is 3.47. The van der Waals surface area contributed by atoms with Crippen molar-refractivity contribution in [3.8, 4) is 11.5 Å². The van der Waals surface area contributed by atoms with Crippen LogP contribution in [0.5, 0.6) is 11.5 Å². The summed E-state index contributed by atoms with van der Waals surface area (Å²) in [6, 6.07) is 7.67. The average molecular weight is 338 g/mol. The maximum atomic E-state index is 6.47. The average Bonchev–Trinajstić information content (AvgIpc) is 3.11. The molecule has 0 spiro atoms. The van der Waals surface area contributed by atoms with Crippen LogP contribution in [-0.2, 0) is 11.3 Å². The Balaban J connectivity index is 1.74. The van der Waals surface area contributed by atoms with E-state index in [0.29, 0.717) is 23.1 Å². The summed E-state index contributed by atoms with van der Waals surface area (Å²) in [6.07, 6.45) is 1.63. The van der Waals surface area contributed by atoms with Crippen molar-refractivity contribution in [3.63, 3.8) is 0 Å². The fourth-order valence-electron chi connectivity index (χ4n) is 2.79. The van der Waals surface area contributed by atoms with Crippen LogP contribution in [0.1, 0.15) is 17.4 Å². The zero-order chi connectivity index (χ0) is 16.2. The number of nitrogens with zero attached hydrogens (tertiary/aromatic N) is 1. The molecule has 1 aliphatic rings. The van der Waals surface area contributed by atoms with Crippen molar-refractivity contribution in [3.05, 3.63) is 46.9 Å². The van der Waals surface area contributed by atoms with Crippen LogP contribution in [0.4, 0.5) is 0 Å². The molecule has 0 radical (unpaired) electrons. The van der Waals surface area contributed by atoms with E-state index in [9.17, 15) is 0 Å². The lowest BCUT2D eigenvalue weighted by molar-refractivity contribution is -0.0427. The maximum absolute atomic E-state index is 6.47. The van der Waals surface area contributed by atoms with E-state index >= 15 is 0 Å². The number of hydrogen-bond acceptors (Lipinski definition) is 5. The number of ether oxygens (including phenoxy) is 3. The van der Waals surface area contributed by atoms with Gasteiger partial charge in [-0.1, -0.05) is 17.7 Å². The van der Waals surface area contributed by atoms with Crippen LogP contribution in [0.2, 0.25) is 5.02 Å². The summed E-state index contributed by atoms with van der Waals surface area (Å²) < 4.78 is 21.9. The van der Waals surface area contributed by atoms with Crippen molar-refractivity contribution >= 4 is 11.6 Å². The molecule has 0 bridgehead atoms. The largest absolute Gasteiger partial charge is 0.493 e. The Kier molecular flexibility index (Phi) is 5.10. The van der Waals surface area contributed by atoms with Gasteiger partial charge in [-0.3, -0.25) is 4.90 Å². The Hall–Kier alpha value is -1.69. The zero-order valence-electron chi connectivity index (χ0n) is 13.3.